The number of hydrogen-bond donors (Lipinski definition) is 3. The van der Waals surface area contributed by atoms with Gasteiger partial charge in [-0.1, -0.05) is 0 Å². The Labute approximate surface area is 86.6 Å². The highest BCUT2D eigenvalue weighted by Gasteiger charge is 2.20. The van der Waals surface area contributed by atoms with Gasteiger partial charge in [0, 0.05) is 0 Å². The van der Waals surface area contributed by atoms with Crippen LogP contribution in [0.1, 0.15) is 15.9 Å². The second-order valence-electron chi connectivity index (χ2n) is 3.51. The molecule has 2 amide bonds. The van der Waals surface area contributed by atoms with Crippen LogP contribution in [0.25, 0.3) is 0 Å². The van der Waals surface area contributed by atoms with Gasteiger partial charge >= 0.3 is 0 Å². The summed E-state index contributed by atoms with van der Waals surface area (Å²) in [5.74, 6) is -0.545. The zero-order valence-corrected chi connectivity index (χ0v) is 8.26. The third-order valence-corrected chi connectivity index (χ3v) is 2.23. The van der Waals surface area contributed by atoms with Crippen LogP contribution in [0.3, 0.4) is 0 Å². The molecule has 1 aromatic rings. The molecular formula is C10H11N3O2. The number of nitrogens with one attached hydrogen (secondary N) is 2. The van der Waals surface area contributed by atoms with Gasteiger partial charge in [0.2, 0.25) is 5.91 Å². The van der Waals surface area contributed by atoms with Crippen LogP contribution in [0.15, 0.2) is 12.1 Å². The summed E-state index contributed by atoms with van der Waals surface area (Å²) < 4.78 is 0. The monoisotopic (exact) mass is 205 g/mol. The summed E-state index contributed by atoms with van der Waals surface area (Å²) in [5, 5.41) is 5.10. The van der Waals surface area contributed by atoms with E-state index in [0.29, 0.717) is 16.9 Å². The smallest absolute Gasteiger partial charge is 0.253 e. The van der Waals surface area contributed by atoms with Gasteiger partial charge in [0.25, 0.3) is 5.91 Å². The molecule has 1 aromatic carbocycles. The number of nitrogens with two attached hydrogens (primary N) is 1. The Kier molecular flexibility index (Phi) is 2.07. The van der Waals surface area contributed by atoms with Crippen molar-refractivity contribution >= 4 is 23.2 Å². The molecular weight excluding hydrogens is 194 g/mol. The number of hydrogen-bond acceptors (Lipinski definition) is 3. The molecule has 1 heterocycles. The molecule has 0 atom stereocenters. The average Bonchev–Trinajstić information content (AvgIpc) is 2.30. The van der Waals surface area contributed by atoms with Gasteiger partial charge in [0.1, 0.15) is 0 Å². The maximum Gasteiger partial charge on any atom is 0.253 e. The lowest BCUT2D eigenvalue weighted by molar-refractivity contribution is -0.115. The molecule has 5 nitrogen and oxygen atoms in total. The Morgan fingerprint density at radius 2 is 2.07 bits per heavy atom. The quantitative estimate of drug-likeness (QED) is 0.531. The fraction of sp³-hybridized carbons (Fsp3) is 0.200. The van der Waals surface area contributed by atoms with Crippen LogP contribution < -0.4 is 16.4 Å². The average molecular weight is 205 g/mol. The van der Waals surface area contributed by atoms with Crippen LogP contribution in [0.5, 0.6) is 0 Å². The molecule has 2 rings (SSSR count). The van der Waals surface area contributed by atoms with Crippen LogP contribution >= 0.6 is 0 Å². The van der Waals surface area contributed by atoms with E-state index in [0.717, 1.165) is 5.56 Å². The highest BCUT2D eigenvalue weighted by molar-refractivity contribution is 6.11. The molecule has 78 valence electrons. The lowest BCUT2D eigenvalue weighted by atomic mass is 10.1. The number of anilines is 2. The van der Waals surface area contributed by atoms with Crippen LogP contribution in [0, 0.1) is 6.92 Å². The van der Waals surface area contributed by atoms with Crippen molar-refractivity contribution in [2.24, 2.45) is 0 Å². The summed E-state index contributed by atoms with van der Waals surface area (Å²) in [6.07, 6.45) is 0. The van der Waals surface area contributed by atoms with E-state index in [1.54, 1.807) is 12.1 Å². The minimum atomic E-state index is -0.279. The Bertz CT molecular complexity index is 454. The maximum atomic E-state index is 11.6. The first-order chi connectivity index (χ1) is 7.08. The molecule has 0 aliphatic carbocycles. The summed E-state index contributed by atoms with van der Waals surface area (Å²) in [6, 6.07) is 3.42. The SMILES string of the molecule is Cc1cc(N)c2c(c1)C(=O)NCC(=O)N2. The first kappa shape index (κ1) is 9.51. The van der Waals surface area contributed by atoms with Gasteiger partial charge in [-0.25, -0.2) is 0 Å². The van der Waals surface area contributed by atoms with Gasteiger partial charge in [-0.05, 0) is 24.6 Å². The third kappa shape index (κ3) is 1.63. The van der Waals surface area contributed by atoms with Gasteiger partial charge in [0.05, 0.1) is 23.5 Å². The van der Waals surface area contributed by atoms with Gasteiger partial charge in [-0.3, -0.25) is 9.59 Å². The van der Waals surface area contributed by atoms with Gasteiger partial charge in [-0.15, -0.1) is 0 Å². The van der Waals surface area contributed by atoms with Crippen LogP contribution in [-0.2, 0) is 4.79 Å². The normalized spacial score (nSPS) is 15.0. The van der Waals surface area contributed by atoms with Crippen LogP contribution in [0.2, 0.25) is 0 Å². The first-order valence-electron chi connectivity index (χ1n) is 4.56. The molecule has 0 bridgehead atoms. The molecule has 0 saturated carbocycles. The summed E-state index contributed by atoms with van der Waals surface area (Å²) in [4.78, 5) is 22.8. The van der Waals surface area contributed by atoms with E-state index in [9.17, 15) is 9.59 Å². The molecule has 0 spiro atoms. The zero-order chi connectivity index (χ0) is 11.0. The molecule has 0 unspecified atom stereocenters. The Morgan fingerprint density at radius 3 is 2.80 bits per heavy atom. The molecule has 4 N–H and O–H groups in total. The van der Waals surface area contributed by atoms with Crippen molar-refractivity contribution in [1.29, 1.82) is 0 Å². The Balaban J connectivity index is 2.61. The summed E-state index contributed by atoms with van der Waals surface area (Å²) in [7, 11) is 0. The summed E-state index contributed by atoms with van der Waals surface area (Å²) in [5.41, 5.74) is 7.86. The predicted octanol–water partition coefficient (Wildman–Crippen LogP) is 0.259. The van der Waals surface area contributed by atoms with Crippen LogP contribution in [0.4, 0.5) is 11.4 Å². The summed E-state index contributed by atoms with van der Waals surface area (Å²) in [6.45, 7) is 1.82. The van der Waals surface area contributed by atoms with Crippen molar-refractivity contribution in [3.05, 3.63) is 23.3 Å². The van der Waals surface area contributed by atoms with E-state index in [2.05, 4.69) is 10.6 Å². The minimum absolute atomic E-state index is 0.0218. The molecule has 0 radical (unpaired) electrons. The van der Waals surface area contributed by atoms with E-state index >= 15 is 0 Å². The van der Waals surface area contributed by atoms with Crippen molar-refractivity contribution in [2.45, 2.75) is 6.92 Å². The number of benzene rings is 1. The number of amides is 2. The van der Waals surface area contributed by atoms with Crippen LogP contribution in [-0.4, -0.2) is 18.4 Å². The lowest BCUT2D eigenvalue weighted by Gasteiger charge is -2.09. The van der Waals surface area contributed by atoms with E-state index < -0.39 is 0 Å². The van der Waals surface area contributed by atoms with Crippen molar-refractivity contribution < 1.29 is 9.59 Å². The van der Waals surface area contributed by atoms with Crippen molar-refractivity contribution in [3.8, 4) is 0 Å². The largest absolute Gasteiger partial charge is 0.397 e. The van der Waals surface area contributed by atoms with Crippen molar-refractivity contribution in [1.82, 2.24) is 5.32 Å². The molecule has 5 heteroatoms. The molecule has 1 aliphatic rings. The molecule has 15 heavy (non-hydrogen) atoms. The number of fused-ring (bicyclic) bond motifs is 1. The Hall–Kier alpha value is -2.04. The second-order valence-corrected chi connectivity index (χ2v) is 3.51. The second kappa shape index (κ2) is 3.27. The molecule has 0 aromatic heterocycles. The van der Waals surface area contributed by atoms with Crippen molar-refractivity contribution in [2.75, 3.05) is 17.6 Å². The molecule has 1 aliphatic heterocycles. The predicted molar refractivity (Wildman–Crippen MR) is 56.6 cm³/mol. The van der Waals surface area contributed by atoms with E-state index in [-0.39, 0.29) is 18.4 Å². The highest BCUT2D eigenvalue weighted by Crippen LogP contribution is 2.26. The lowest BCUT2D eigenvalue weighted by Crippen LogP contribution is -2.28. The topological polar surface area (TPSA) is 84.2 Å². The number of carbonyl (C=O) groups excluding carboxylic acids is 2. The number of rotatable bonds is 0. The van der Waals surface area contributed by atoms with E-state index in [4.69, 9.17) is 5.73 Å². The maximum absolute atomic E-state index is 11.6. The van der Waals surface area contributed by atoms with Gasteiger partial charge in [-0.2, -0.15) is 0 Å². The van der Waals surface area contributed by atoms with Crippen molar-refractivity contribution in [3.63, 3.8) is 0 Å². The van der Waals surface area contributed by atoms with Gasteiger partial charge in [0.15, 0.2) is 0 Å². The fourth-order valence-corrected chi connectivity index (χ4v) is 1.57. The Morgan fingerprint density at radius 1 is 1.33 bits per heavy atom. The fourth-order valence-electron chi connectivity index (χ4n) is 1.57. The number of carbonyl (C=O) groups is 2. The molecule has 0 fully saturated rings. The zero-order valence-electron chi connectivity index (χ0n) is 8.26. The summed E-state index contributed by atoms with van der Waals surface area (Å²) >= 11 is 0. The van der Waals surface area contributed by atoms with E-state index in [1.165, 1.54) is 0 Å². The van der Waals surface area contributed by atoms with Gasteiger partial charge < -0.3 is 16.4 Å². The molecule has 0 saturated heterocycles. The minimum Gasteiger partial charge on any atom is -0.397 e. The van der Waals surface area contributed by atoms with E-state index in [1.807, 2.05) is 6.92 Å². The number of aryl methyl sites for hydroxylation is 1. The first-order valence-corrected chi connectivity index (χ1v) is 4.56. The number of nitrogen functional groups attached to an aromatic ring is 1. The standard InChI is InChI=1S/C10H11N3O2/c1-5-2-6-9(7(11)3-5)13-8(14)4-12-10(6)15/h2-3H,4,11H2,1H3,(H,12,15)(H,13,14). The highest BCUT2D eigenvalue weighted by atomic mass is 16.2. The third-order valence-electron chi connectivity index (χ3n) is 2.23.